The zero-order valence-corrected chi connectivity index (χ0v) is 16.7. The number of anilines is 2. The van der Waals surface area contributed by atoms with Crippen molar-refractivity contribution < 1.29 is 10.2 Å². The molecule has 0 aliphatic heterocycles. The standard InChI is InChI=1S/C20H31N5O2/c1-5-6-16(12-26)23-19-17(13(2)22-20(21)24-19)10-15-8-7-14(9-18(15)27)11-25(3)4/h7-9,16,26-27H,5-6,10-12H2,1-4H3,(H3,21,22,23,24). The summed E-state index contributed by atoms with van der Waals surface area (Å²) in [5.74, 6) is 1.06. The van der Waals surface area contributed by atoms with Gasteiger partial charge in [-0.05, 0) is 44.6 Å². The van der Waals surface area contributed by atoms with Crippen molar-refractivity contribution in [3.63, 3.8) is 0 Å². The van der Waals surface area contributed by atoms with Crippen molar-refractivity contribution >= 4 is 11.8 Å². The normalized spacial score (nSPS) is 12.4. The third-order valence-corrected chi connectivity index (χ3v) is 4.45. The number of phenolic OH excluding ortho intramolecular Hbond substituents is 1. The van der Waals surface area contributed by atoms with Gasteiger partial charge in [-0.1, -0.05) is 25.5 Å². The lowest BCUT2D eigenvalue weighted by atomic mass is 10.0. The number of aliphatic hydroxyl groups excluding tert-OH is 1. The minimum Gasteiger partial charge on any atom is -0.508 e. The molecule has 0 amide bonds. The van der Waals surface area contributed by atoms with E-state index in [2.05, 4.69) is 27.1 Å². The van der Waals surface area contributed by atoms with E-state index in [0.29, 0.717) is 12.2 Å². The van der Waals surface area contributed by atoms with E-state index < -0.39 is 0 Å². The molecule has 0 aliphatic carbocycles. The molecule has 148 valence electrons. The number of nitrogens with zero attached hydrogens (tertiary/aromatic N) is 3. The van der Waals surface area contributed by atoms with Crippen LogP contribution in [0.15, 0.2) is 18.2 Å². The summed E-state index contributed by atoms with van der Waals surface area (Å²) in [7, 11) is 3.98. The zero-order chi connectivity index (χ0) is 20.0. The molecule has 2 aromatic rings. The van der Waals surface area contributed by atoms with Crippen LogP contribution in [0, 0.1) is 6.92 Å². The number of aromatic nitrogens is 2. The second-order valence-corrected chi connectivity index (χ2v) is 7.18. The third-order valence-electron chi connectivity index (χ3n) is 4.45. The Bertz CT molecular complexity index is 764. The van der Waals surface area contributed by atoms with Crippen LogP contribution in [0.25, 0.3) is 0 Å². The summed E-state index contributed by atoms with van der Waals surface area (Å²) in [6.07, 6.45) is 2.25. The van der Waals surface area contributed by atoms with Gasteiger partial charge in [-0.3, -0.25) is 0 Å². The molecule has 0 saturated heterocycles. The Morgan fingerprint density at radius 1 is 1.26 bits per heavy atom. The molecule has 7 heteroatoms. The number of hydrogen-bond acceptors (Lipinski definition) is 7. The molecular weight excluding hydrogens is 342 g/mol. The number of aliphatic hydroxyl groups is 1. The predicted octanol–water partition coefficient (Wildman–Crippen LogP) is 2.30. The van der Waals surface area contributed by atoms with E-state index in [1.165, 1.54) is 0 Å². The highest BCUT2D eigenvalue weighted by Crippen LogP contribution is 2.27. The van der Waals surface area contributed by atoms with E-state index in [0.717, 1.165) is 41.8 Å². The average molecular weight is 374 g/mol. The van der Waals surface area contributed by atoms with Crippen molar-refractivity contribution in [2.24, 2.45) is 0 Å². The summed E-state index contributed by atoms with van der Waals surface area (Å²) in [5.41, 5.74) is 9.31. The first-order chi connectivity index (χ1) is 12.8. The molecule has 1 aromatic heterocycles. The molecule has 1 heterocycles. The van der Waals surface area contributed by atoms with Gasteiger partial charge in [0, 0.05) is 24.2 Å². The third kappa shape index (κ3) is 5.80. The molecule has 0 bridgehead atoms. The fourth-order valence-electron chi connectivity index (χ4n) is 3.11. The molecule has 0 radical (unpaired) electrons. The smallest absolute Gasteiger partial charge is 0.222 e. The van der Waals surface area contributed by atoms with Crippen LogP contribution in [0.3, 0.4) is 0 Å². The number of nitrogens with one attached hydrogen (secondary N) is 1. The van der Waals surface area contributed by atoms with E-state index in [4.69, 9.17) is 5.73 Å². The van der Waals surface area contributed by atoms with E-state index >= 15 is 0 Å². The summed E-state index contributed by atoms with van der Waals surface area (Å²) >= 11 is 0. The van der Waals surface area contributed by atoms with Gasteiger partial charge in [-0.15, -0.1) is 0 Å². The second-order valence-electron chi connectivity index (χ2n) is 7.18. The molecule has 0 fully saturated rings. The van der Waals surface area contributed by atoms with Crippen LogP contribution in [0.2, 0.25) is 0 Å². The average Bonchev–Trinajstić information content (AvgIpc) is 2.58. The van der Waals surface area contributed by atoms with Gasteiger partial charge in [0.15, 0.2) is 0 Å². The first-order valence-electron chi connectivity index (χ1n) is 9.29. The second kappa shape index (κ2) is 9.53. The van der Waals surface area contributed by atoms with Gasteiger partial charge in [0.2, 0.25) is 5.95 Å². The van der Waals surface area contributed by atoms with Crippen molar-refractivity contribution in [3.8, 4) is 5.75 Å². The van der Waals surface area contributed by atoms with Crippen LogP contribution in [-0.2, 0) is 13.0 Å². The summed E-state index contributed by atoms with van der Waals surface area (Å²) < 4.78 is 0. The number of nitrogen functional groups attached to an aromatic ring is 1. The minimum atomic E-state index is -0.0986. The molecule has 0 saturated carbocycles. The molecule has 1 atom stereocenters. The fraction of sp³-hybridized carbons (Fsp3) is 0.500. The zero-order valence-electron chi connectivity index (χ0n) is 16.7. The Labute approximate surface area is 161 Å². The first-order valence-corrected chi connectivity index (χ1v) is 9.29. The topological polar surface area (TPSA) is 108 Å². The SMILES string of the molecule is CCCC(CO)Nc1nc(N)nc(C)c1Cc1ccc(CN(C)C)cc1O. The molecule has 1 aromatic carbocycles. The Morgan fingerprint density at radius 3 is 2.59 bits per heavy atom. The van der Waals surface area contributed by atoms with Crippen molar-refractivity contribution in [1.29, 1.82) is 0 Å². The van der Waals surface area contributed by atoms with Gasteiger partial charge in [-0.25, -0.2) is 4.98 Å². The van der Waals surface area contributed by atoms with Crippen LogP contribution >= 0.6 is 0 Å². The molecule has 7 nitrogen and oxygen atoms in total. The quantitative estimate of drug-likeness (QED) is 0.534. The van der Waals surface area contributed by atoms with Crippen LogP contribution in [0.4, 0.5) is 11.8 Å². The summed E-state index contributed by atoms with van der Waals surface area (Å²) in [5, 5.41) is 23.4. The number of nitrogens with two attached hydrogens (primary N) is 1. The lowest BCUT2D eigenvalue weighted by molar-refractivity contribution is 0.268. The van der Waals surface area contributed by atoms with Gasteiger partial charge < -0.3 is 26.2 Å². The number of rotatable bonds is 9. The molecule has 27 heavy (non-hydrogen) atoms. The number of benzene rings is 1. The number of aromatic hydroxyl groups is 1. The van der Waals surface area contributed by atoms with Crippen molar-refractivity contribution in [3.05, 3.63) is 40.6 Å². The van der Waals surface area contributed by atoms with E-state index in [-0.39, 0.29) is 24.3 Å². The summed E-state index contributed by atoms with van der Waals surface area (Å²) in [6.45, 7) is 4.72. The van der Waals surface area contributed by atoms with Gasteiger partial charge in [-0.2, -0.15) is 4.98 Å². The summed E-state index contributed by atoms with van der Waals surface area (Å²) in [6, 6.07) is 5.65. The van der Waals surface area contributed by atoms with Crippen LogP contribution in [0.1, 0.15) is 42.1 Å². The highest BCUT2D eigenvalue weighted by atomic mass is 16.3. The molecule has 0 spiro atoms. The fourth-order valence-corrected chi connectivity index (χ4v) is 3.11. The monoisotopic (exact) mass is 373 g/mol. The Kier molecular flexibility index (Phi) is 7.38. The molecular formula is C20H31N5O2. The molecule has 1 unspecified atom stereocenters. The Hall–Kier alpha value is -2.38. The Morgan fingerprint density at radius 2 is 2.00 bits per heavy atom. The minimum absolute atomic E-state index is 0.0146. The highest BCUT2D eigenvalue weighted by Gasteiger charge is 2.16. The maximum Gasteiger partial charge on any atom is 0.222 e. The molecule has 2 rings (SSSR count). The van der Waals surface area contributed by atoms with Crippen LogP contribution in [-0.4, -0.2) is 51.8 Å². The van der Waals surface area contributed by atoms with Gasteiger partial charge in [0.25, 0.3) is 0 Å². The van der Waals surface area contributed by atoms with Crippen LogP contribution < -0.4 is 11.1 Å². The first kappa shape index (κ1) is 20.9. The van der Waals surface area contributed by atoms with Gasteiger partial charge in [0.05, 0.1) is 12.6 Å². The van der Waals surface area contributed by atoms with Gasteiger partial charge >= 0.3 is 0 Å². The van der Waals surface area contributed by atoms with Crippen molar-refractivity contribution in [2.75, 3.05) is 31.8 Å². The van der Waals surface area contributed by atoms with Crippen molar-refractivity contribution in [2.45, 2.75) is 45.7 Å². The number of hydrogen-bond donors (Lipinski definition) is 4. The maximum absolute atomic E-state index is 10.5. The van der Waals surface area contributed by atoms with E-state index in [1.807, 2.05) is 33.2 Å². The summed E-state index contributed by atoms with van der Waals surface area (Å²) in [4.78, 5) is 10.7. The van der Waals surface area contributed by atoms with Crippen LogP contribution in [0.5, 0.6) is 5.75 Å². The Balaban J connectivity index is 2.32. The molecule has 0 aliphatic rings. The lowest BCUT2D eigenvalue weighted by Crippen LogP contribution is -2.25. The number of aryl methyl sites for hydroxylation is 1. The predicted molar refractivity (Wildman–Crippen MR) is 109 cm³/mol. The van der Waals surface area contributed by atoms with E-state index in [1.54, 1.807) is 6.07 Å². The molecule has 5 N–H and O–H groups in total. The largest absolute Gasteiger partial charge is 0.508 e. The highest BCUT2D eigenvalue weighted by molar-refractivity contribution is 5.53. The maximum atomic E-state index is 10.5. The van der Waals surface area contributed by atoms with Crippen molar-refractivity contribution in [1.82, 2.24) is 14.9 Å². The number of phenols is 1. The van der Waals surface area contributed by atoms with Gasteiger partial charge in [0.1, 0.15) is 11.6 Å². The lowest BCUT2D eigenvalue weighted by Gasteiger charge is -2.20. The van der Waals surface area contributed by atoms with E-state index in [9.17, 15) is 10.2 Å².